The number of benzene rings is 1. The first kappa shape index (κ1) is 18.3. The molecule has 1 fully saturated rings. The molecule has 1 saturated heterocycles. The van der Waals surface area contributed by atoms with Gasteiger partial charge in [0, 0.05) is 31.9 Å². The predicted molar refractivity (Wildman–Crippen MR) is 100 cm³/mol. The van der Waals surface area contributed by atoms with Crippen LogP contribution in [-0.4, -0.2) is 43.6 Å². The third-order valence-electron chi connectivity index (χ3n) is 3.97. The van der Waals surface area contributed by atoms with Crippen molar-refractivity contribution in [2.75, 3.05) is 18.9 Å². The number of amides is 1. The minimum atomic E-state index is -3.78. The van der Waals surface area contributed by atoms with Gasteiger partial charge in [-0.25, -0.2) is 4.98 Å². The first-order chi connectivity index (χ1) is 12.4. The van der Waals surface area contributed by atoms with Crippen molar-refractivity contribution in [3.63, 3.8) is 0 Å². The molecule has 0 aliphatic carbocycles. The Morgan fingerprint density at radius 3 is 2.62 bits per heavy atom. The molecule has 26 heavy (non-hydrogen) atoms. The Bertz CT molecular complexity index is 958. The zero-order chi connectivity index (χ0) is 18.7. The summed E-state index contributed by atoms with van der Waals surface area (Å²) in [5.41, 5.74) is 0.682. The van der Waals surface area contributed by atoms with Crippen LogP contribution in [0.1, 0.15) is 23.2 Å². The summed E-state index contributed by atoms with van der Waals surface area (Å²) in [6, 6.07) is 9.00. The highest BCUT2D eigenvalue weighted by Crippen LogP contribution is 2.20. The van der Waals surface area contributed by atoms with Crippen LogP contribution in [-0.2, 0) is 10.0 Å². The predicted octanol–water partition coefficient (Wildman–Crippen LogP) is 2.80. The van der Waals surface area contributed by atoms with E-state index in [0.29, 0.717) is 17.9 Å². The van der Waals surface area contributed by atoms with E-state index in [1.807, 2.05) is 11.9 Å². The SMILES string of the molecule is CN1CCC/C1=N\S(=O)(=O)c1ccc(NC(=O)c2cccnc2Cl)cc1. The van der Waals surface area contributed by atoms with Gasteiger partial charge in [0.2, 0.25) is 0 Å². The summed E-state index contributed by atoms with van der Waals surface area (Å²) < 4.78 is 28.7. The van der Waals surface area contributed by atoms with Crippen LogP contribution in [0.2, 0.25) is 5.15 Å². The Kier molecular flexibility index (Phi) is 5.24. The number of likely N-dealkylation sites (tertiary alicyclic amines) is 1. The molecule has 1 aromatic heterocycles. The number of nitrogens with zero attached hydrogens (tertiary/aromatic N) is 3. The van der Waals surface area contributed by atoms with Crippen LogP contribution in [0.5, 0.6) is 0 Å². The van der Waals surface area contributed by atoms with Gasteiger partial charge in [-0.15, -0.1) is 4.40 Å². The van der Waals surface area contributed by atoms with E-state index in [4.69, 9.17) is 11.6 Å². The number of amidine groups is 1. The van der Waals surface area contributed by atoms with Gasteiger partial charge in [0.25, 0.3) is 15.9 Å². The summed E-state index contributed by atoms with van der Waals surface area (Å²) >= 11 is 5.89. The number of pyridine rings is 1. The second-order valence-electron chi connectivity index (χ2n) is 5.83. The van der Waals surface area contributed by atoms with Crippen LogP contribution in [0.3, 0.4) is 0 Å². The first-order valence-electron chi connectivity index (χ1n) is 7.94. The molecule has 1 N–H and O–H groups in total. The molecule has 1 aliphatic heterocycles. The molecule has 0 bridgehead atoms. The fraction of sp³-hybridized carbons (Fsp3) is 0.235. The lowest BCUT2D eigenvalue weighted by Crippen LogP contribution is -2.20. The van der Waals surface area contributed by atoms with Gasteiger partial charge >= 0.3 is 0 Å². The summed E-state index contributed by atoms with van der Waals surface area (Å²) in [7, 11) is -1.96. The van der Waals surface area contributed by atoms with Gasteiger partial charge in [-0.3, -0.25) is 4.79 Å². The Morgan fingerprint density at radius 2 is 2.00 bits per heavy atom. The van der Waals surface area contributed by atoms with Gasteiger partial charge < -0.3 is 10.2 Å². The largest absolute Gasteiger partial charge is 0.362 e. The van der Waals surface area contributed by atoms with Gasteiger partial charge in [-0.2, -0.15) is 8.42 Å². The second kappa shape index (κ2) is 7.43. The average Bonchev–Trinajstić information content (AvgIpc) is 3.00. The van der Waals surface area contributed by atoms with Crippen molar-refractivity contribution in [1.82, 2.24) is 9.88 Å². The molecular formula is C17H17ClN4O3S. The molecule has 3 rings (SSSR count). The van der Waals surface area contributed by atoms with E-state index in [2.05, 4.69) is 14.7 Å². The van der Waals surface area contributed by atoms with Gasteiger partial charge in [-0.1, -0.05) is 11.6 Å². The number of rotatable bonds is 4. The van der Waals surface area contributed by atoms with E-state index < -0.39 is 15.9 Å². The Labute approximate surface area is 156 Å². The Morgan fingerprint density at radius 1 is 1.27 bits per heavy atom. The molecule has 9 heteroatoms. The zero-order valence-corrected chi connectivity index (χ0v) is 15.6. The van der Waals surface area contributed by atoms with Crippen molar-refractivity contribution in [3.8, 4) is 0 Å². The molecule has 1 aromatic carbocycles. The van der Waals surface area contributed by atoms with E-state index in [1.165, 1.54) is 30.5 Å². The Hall–Kier alpha value is -2.45. The third-order valence-corrected chi connectivity index (χ3v) is 5.59. The maximum Gasteiger partial charge on any atom is 0.283 e. The van der Waals surface area contributed by atoms with Crippen molar-refractivity contribution in [1.29, 1.82) is 0 Å². The molecule has 136 valence electrons. The van der Waals surface area contributed by atoms with E-state index in [0.717, 1.165) is 13.0 Å². The van der Waals surface area contributed by atoms with Crippen LogP contribution in [0.15, 0.2) is 51.9 Å². The van der Waals surface area contributed by atoms with Crippen molar-refractivity contribution < 1.29 is 13.2 Å². The number of hydrogen-bond donors (Lipinski definition) is 1. The maximum atomic E-state index is 12.4. The van der Waals surface area contributed by atoms with Gasteiger partial charge in [0.1, 0.15) is 11.0 Å². The highest BCUT2D eigenvalue weighted by molar-refractivity contribution is 7.90. The average molecular weight is 393 g/mol. The maximum absolute atomic E-state index is 12.4. The number of aromatic nitrogens is 1. The molecule has 7 nitrogen and oxygen atoms in total. The van der Waals surface area contributed by atoms with Crippen molar-refractivity contribution >= 4 is 39.1 Å². The lowest BCUT2D eigenvalue weighted by Gasteiger charge is -2.11. The first-order valence-corrected chi connectivity index (χ1v) is 9.75. The molecule has 1 aliphatic rings. The molecule has 1 amide bonds. The van der Waals surface area contributed by atoms with Gasteiger partial charge in [-0.05, 0) is 42.8 Å². The smallest absolute Gasteiger partial charge is 0.283 e. The number of anilines is 1. The highest BCUT2D eigenvalue weighted by Gasteiger charge is 2.20. The minimum absolute atomic E-state index is 0.0720. The summed E-state index contributed by atoms with van der Waals surface area (Å²) in [6.45, 7) is 0.802. The van der Waals surface area contributed by atoms with Crippen molar-refractivity contribution in [2.45, 2.75) is 17.7 Å². The second-order valence-corrected chi connectivity index (χ2v) is 7.79. The molecule has 2 aromatic rings. The topological polar surface area (TPSA) is 91.7 Å². The lowest BCUT2D eigenvalue weighted by molar-refractivity contribution is 0.102. The lowest BCUT2D eigenvalue weighted by atomic mass is 10.2. The molecule has 2 heterocycles. The minimum Gasteiger partial charge on any atom is -0.362 e. The third kappa shape index (κ3) is 4.03. The van der Waals surface area contributed by atoms with Crippen LogP contribution in [0.25, 0.3) is 0 Å². The standard InChI is InChI=1S/C17H17ClN4O3S/c1-22-11-3-5-15(22)21-26(24,25)13-8-6-12(7-9-13)20-17(23)14-4-2-10-19-16(14)18/h2,4,6-10H,3,5,11H2,1H3,(H,20,23)/b21-15+. The molecular weight excluding hydrogens is 376 g/mol. The number of sulfonamides is 1. The van der Waals surface area contributed by atoms with Crippen LogP contribution in [0, 0.1) is 0 Å². The van der Waals surface area contributed by atoms with Gasteiger partial charge in [0.15, 0.2) is 0 Å². The van der Waals surface area contributed by atoms with Crippen molar-refractivity contribution in [3.05, 3.63) is 53.3 Å². The van der Waals surface area contributed by atoms with E-state index >= 15 is 0 Å². The number of halogens is 1. The fourth-order valence-electron chi connectivity index (χ4n) is 2.57. The quantitative estimate of drug-likeness (QED) is 0.808. The summed E-state index contributed by atoms with van der Waals surface area (Å²) in [6.07, 6.45) is 3.03. The number of carbonyl (C=O) groups excluding carboxylic acids is 1. The summed E-state index contributed by atoms with van der Waals surface area (Å²) in [5, 5.41) is 2.75. The van der Waals surface area contributed by atoms with E-state index in [9.17, 15) is 13.2 Å². The van der Waals surface area contributed by atoms with Crippen LogP contribution >= 0.6 is 11.6 Å². The highest BCUT2D eigenvalue weighted by atomic mass is 35.5. The van der Waals surface area contributed by atoms with Crippen LogP contribution in [0.4, 0.5) is 5.69 Å². The normalized spacial score (nSPS) is 16.1. The van der Waals surface area contributed by atoms with Crippen LogP contribution < -0.4 is 5.32 Å². The number of hydrogen-bond acceptors (Lipinski definition) is 4. The molecule has 0 spiro atoms. The Balaban J connectivity index is 1.76. The van der Waals surface area contributed by atoms with E-state index in [-0.39, 0.29) is 15.6 Å². The van der Waals surface area contributed by atoms with Gasteiger partial charge in [0.05, 0.1) is 10.5 Å². The monoisotopic (exact) mass is 392 g/mol. The number of carbonyl (C=O) groups is 1. The molecule has 0 saturated carbocycles. The molecule has 0 radical (unpaired) electrons. The summed E-state index contributed by atoms with van der Waals surface area (Å²) in [4.78, 5) is 18.0. The zero-order valence-electron chi connectivity index (χ0n) is 14.0. The fourth-order valence-corrected chi connectivity index (χ4v) is 3.86. The molecule has 0 atom stereocenters. The van der Waals surface area contributed by atoms with E-state index in [1.54, 1.807) is 12.1 Å². The summed E-state index contributed by atoms with van der Waals surface area (Å²) in [5.74, 6) is 0.139. The van der Waals surface area contributed by atoms with Crippen molar-refractivity contribution in [2.24, 2.45) is 4.40 Å². The molecule has 0 unspecified atom stereocenters. The number of nitrogens with one attached hydrogen (secondary N) is 1.